The van der Waals surface area contributed by atoms with E-state index in [1.165, 1.54) is 6.92 Å². The Balaban J connectivity index is 3.79. The van der Waals surface area contributed by atoms with Crippen LogP contribution in [0.2, 0.25) is 0 Å². The Morgan fingerprint density at radius 3 is 2.50 bits per heavy atom. The summed E-state index contributed by atoms with van der Waals surface area (Å²) in [6.45, 7) is 0.728. The van der Waals surface area contributed by atoms with Gasteiger partial charge in [0.25, 0.3) is 0 Å². The molecule has 0 aliphatic rings. The maximum atomic E-state index is 12.3. The molecular formula is C6H9F2IO. The van der Waals surface area contributed by atoms with Crippen LogP contribution in [0, 0.1) is 0 Å². The van der Waals surface area contributed by atoms with E-state index in [1.54, 1.807) is 22.6 Å². The summed E-state index contributed by atoms with van der Waals surface area (Å²) in [6.07, 6.45) is -1.36. The summed E-state index contributed by atoms with van der Waals surface area (Å²) in [5.41, 5.74) is 0. The average molecular weight is 262 g/mol. The predicted octanol–water partition coefficient (Wildman–Crippen LogP) is 2.34. The van der Waals surface area contributed by atoms with Crippen molar-refractivity contribution in [3.63, 3.8) is 0 Å². The Kier molecular flexibility index (Phi) is 5.15. The molecule has 0 aromatic heterocycles. The number of hydrogen-bond acceptors (Lipinski definition) is 1. The van der Waals surface area contributed by atoms with Gasteiger partial charge < -0.3 is 5.11 Å². The standard InChI is InChI=1S/C6H9F2IO/c1-4(7)6(9)2-5(8)3-10/h5,10H,2-3H2,1H3/b6-4-. The Labute approximate surface area is 72.3 Å². The van der Waals surface area contributed by atoms with Crippen molar-refractivity contribution in [2.75, 3.05) is 6.61 Å². The second-order valence-electron chi connectivity index (χ2n) is 1.92. The van der Waals surface area contributed by atoms with E-state index in [0.29, 0.717) is 3.58 Å². The molecule has 1 unspecified atom stereocenters. The molecule has 0 aromatic carbocycles. The monoisotopic (exact) mass is 262 g/mol. The Morgan fingerprint density at radius 2 is 2.20 bits per heavy atom. The van der Waals surface area contributed by atoms with Gasteiger partial charge in [-0.1, -0.05) is 0 Å². The largest absolute Gasteiger partial charge is 0.393 e. The zero-order valence-corrected chi connectivity index (χ0v) is 7.73. The lowest BCUT2D eigenvalue weighted by molar-refractivity contribution is 0.179. The van der Waals surface area contributed by atoms with Gasteiger partial charge in [0.1, 0.15) is 12.0 Å². The summed E-state index contributed by atoms with van der Waals surface area (Å²) in [7, 11) is 0. The molecule has 0 heterocycles. The van der Waals surface area contributed by atoms with Gasteiger partial charge in [0.2, 0.25) is 0 Å². The van der Waals surface area contributed by atoms with Gasteiger partial charge >= 0.3 is 0 Å². The first-order valence-corrected chi connectivity index (χ1v) is 3.91. The summed E-state index contributed by atoms with van der Waals surface area (Å²) in [4.78, 5) is 0. The third-order valence-corrected chi connectivity index (χ3v) is 2.16. The molecule has 0 fully saturated rings. The van der Waals surface area contributed by atoms with Crippen LogP contribution in [0.4, 0.5) is 8.78 Å². The maximum absolute atomic E-state index is 12.3. The fourth-order valence-corrected chi connectivity index (χ4v) is 0.878. The minimum Gasteiger partial charge on any atom is -0.393 e. The van der Waals surface area contributed by atoms with Crippen molar-refractivity contribution in [1.82, 2.24) is 0 Å². The molecule has 0 saturated carbocycles. The van der Waals surface area contributed by atoms with Gasteiger partial charge in [0.05, 0.1) is 6.61 Å². The van der Waals surface area contributed by atoms with Crippen molar-refractivity contribution in [1.29, 1.82) is 0 Å². The number of allylic oxidation sites excluding steroid dienone is 2. The number of rotatable bonds is 3. The van der Waals surface area contributed by atoms with Gasteiger partial charge in [-0.3, -0.25) is 0 Å². The van der Waals surface area contributed by atoms with E-state index < -0.39 is 12.8 Å². The van der Waals surface area contributed by atoms with Crippen LogP contribution in [0.3, 0.4) is 0 Å². The topological polar surface area (TPSA) is 20.2 Å². The maximum Gasteiger partial charge on any atom is 0.128 e. The highest BCUT2D eigenvalue weighted by Crippen LogP contribution is 2.20. The van der Waals surface area contributed by atoms with Crippen LogP contribution in [0.5, 0.6) is 0 Å². The van der Waals surface area contributed by atoms with Crippen LogP contribution in [-0.4, -0.2) is 17.9 Å². The predicted molar refractivity (Wildman–Crippen MR) is 44.4 cm³/mol. The van der Waals surface area contributed by atoms with Crippen LogP contribution in [-0.2, 0) is 0 Å². The molecule has 0 aliphatic carbocycles. The Bertz CT molecular complexity index is 132. The van der Waals surface area contributed by atoms with Crippen molar-refractivity contribution < 1.29 is 13.9 Å². The van der Waals surface area contributed by atoms with E-state index in [2.05, 4.69) is 0 Å². The Morgan fingerprint density at radius 1 is 1.70 bits per heavy atom. The highest BCUT2D eigenvalue weighted by atomic mass is 127. The average Bonchev–Trinajstić information content (AvgIpc) is 1.87. The number of alkyl halides is 1. The lowest BCUT2D eigenvalue weighted by Gasteiger charge is -2.02. The molecule has 0 radical (unpaired) electrons. The fraction of sp³-hybridized carbons (Fsp3) is 0.667. The second kappa shape index (κ2) is 5.01. The first-order valence-electron chi connectivity index (χ1n) is 2.83. The van der Waals surface area contributed by atoms with Crippen molar-refractivity contribution >= 4 is 22.6 Å². The fourth-order valence-electron chi connectivity index (χ4n) is 0.400. The van der Waals surface area contributed by atoms with Gasteiger partial charge in [0, 0.05) is 10.0 Å². The summed E-state index contributed by atoms with van der Waals surface area (Å²) < 4.78 is 24.8. The van der Waals surface area contributed by atoms with Crippen LogP contribution >= 0.6 is 22.6 Å². The minimum atomic E-state index is -1.34. The molecule has 0 rings (SSSR count). The number of aliphatic hydroxyl groups excluding tert-OH is 1. The molecule has 10 heavy (non-hydrogen) atoms. The van der Waals surface area contributed by atoms with Gasteiger partial charge in [-0.25, -0.2) is 8.78 Å². The van der Waals surface area contributed by atoms with Crippen LogP contribution in [0.15, 0.2) is 9.41 Å². The van der Waals surface area contributed by atoms with E-state index >= 15 is 0 Å². The molecular weight excluding hydrogens is 253 g/mol. The summed E-state index contributed by atoms with van der Waals surface area (Å²) in [5, 5.41) is 8.24. The van der Waals surface area contributed by atoms with Crippen LogP contribution in [0.25, 0.3) is 0 Å². The van der Waals surface area contributed by atoms with E-state index in [0.717, 1.165) is 0 Å². The quantitative estimate of drug-likeness (QED) is 0.774. The zero-order chi connectivity index (χ0) is 8.15. The minimum absolute atomic E-state index is 0.0284. The first kappa shape index (κ1) is 10.3. The van der Waals surface area contributed by atoms with Crippen LogP contribution < -0.4 is 0 Å². The van der Waals surface area contributed by atoms with E-state index in [4.69, 9.17) is 5.11 Å². The molecule has 4 heteroatoms. The number of aliphatic hydroxyl groups is 1. The molecule has 1 nitrogen and oxygen atoms in total. The highest BCUT2D eigenvalue weighted by molar-refractivity contribution is 14.1. The smallest absolute Gasteiger partial charge is 0.128 e. The van der Waals surface area contributed by atoms with Gasteiger partial charge in [0.15, 0.2) is 0 Å². The lowest BCUT2D eigenvalue weighted by atomic mass is 10.3. The molecule has 1 atom stereocenters. The van der Waals surface area contributed by atoms with Crippen molar-refractivity contribution in [2.45, 2.75) is 19.5 Å². The van der Waals surface area contributed by atoms with E-state index in [1.807, 2.05) is 0 Å². The third-order valence-electron chi connectivity index (χ3n) is 0.973. The molecule has 0 amide bonds. The van der Waals surface area contributed by atoms with Crippen LogP contribution in [0.1, 0.15) is 13.3 Å². The zero-order valence-electron chi connectivity index (χ0n) is 5.57. The van der Waals surface area contributed by atoms with Crippen molar-refractivity contribution in [3.05, 3.63) is 9.41 Å². The normalized spacial score (nSPS) is 16.5. The molecule has 0 saturated heterocycles. The second-order valence-corrected chi connectivity index (χ2v) is 3.22. The van der Waals surface area contributed by atoms with Gasteiger partial charge in [-0.05, 0) is 29.5 Å². The van der Waals surface area contributed by atoms with Gasteiger partial charge in [-0.15, -0.1) is 0 Å². The third kappa shape index (κ3) is 4.16. The number of hydrogen-bond donors (Lipinski definition) is 1. The highest BCUT2D eigenvalue weighted by Gasteiger charge is 2.07. The molecule has 60 valence electrons. The molecule has 1 N–H and O–H groups in total. The number of halogens is 3. The van der Waals surface area contributed by atoms with Crippen molar-refractivity contribution in [2.24, 2.45) is 0 Å². The Hall–Kier alpha value is 0.290. The van der Waals surface area contributed by atoms with E-state index in [-0.39, 0.29) is 12.2 Å². The molecule has 0 aromatic rings. The van der Waals surface area contributed by atoms with Gasteiger partial charge in [-0.2, -0.15) is 0 Å². The summed E-state index contributed by atoms with van der Waals surface area (Å²) >= 11 is 1.72. The lowest BCUT2D eigenvalue weighted by Crippen LogP contribution is -2.05. The SMILES string of the molecule is C/C(F)=C(/I)CC(F)CO. The van der Waals surface area contributed by atoms with E-state index in [9.17, 15) is 8.78 Å². The molecule has 0 aliphatic heterocycles. The first-order chi connectivity index (χ1) is 4.57. The van der Waals surface area contributed by atoms with Crippen molar-refractivity contribution in [3.8, 4) is 0 Å². The molecule has 0 bridgehead atoms. The molecule has 0 spiro atoms. The summed E-state index contributed by atoms with van der Waals surface area (Å²) in [6, 6.07) is 0. The summed E-state index contributed by atoms with van der Waals surface area (Å²) in [5.74, 6) is -0.378.